The molecule has 7 heteroatoms. The van der Waals surface area contributed by atoms with Gasteiger partial charge in [-0.25, -0.2) is 4.39 Å². The van der Waals surface area contributed by atoms with Gasteiger partial charge in [-0.15, -0.1) is 0 Å². The molecule has 0 aliphatic carbocycles. The van der Waals surface area contributed by atoms with Crippen molar-refractivity contribution in [2.45, 2.75) is 6.42 Å². The normalized spacial score (nSPS) is 14.7. The molecule has 0 unspecified atom stereocenters. The summed E-state index contributed by atoms with van der Waals surface area (Å²) in [6.45, 7) is 4.62. The number of hydrogen-bond acceptors (Lipinski definition) is 3. The Balaban J connectivity index is 1.32. The van der Waals surface area contributed by atoms with Crippen molar-refractivity contribution in [2.75, 3.05) is 37.6 Å². The SMILES string of the molecule is O=C(/C=C/c1ccc(F)cc1)NNC(=O)CC[NH+]1CCN(c2ccccc2)CC1. The molecule has 0 saturated carbocycles. The molecule has 6 nitrogen and oxygen atoms in total. The van der Waals surface area contributed by atoms with Crippen LogP contribution in [0.15, 0.2) is 60.7 Å². The molecule has 3 N–H and O–H groups in total. The van der Waals surface area contributed by atoms with Gasteiger partial charge in [-0.2, -0.15) is 0 Å². The fourth-order valence-corrected chi connectivity index (χ4v) is 3.24. The molecule has 0 aromatic heterocycles. The lowest BCUT2D eigenvalue weighted by atomic mass is 10.2. The number of quaternary nitrogens is 1. The Morgan fingerprint density at radius 3 is 2.38 bits per heavy atom. The fraction of sp³-hybridized carbons (Fsp3) is 0.273. The van der Waals surface area contributed by atoms with Crippen LogP contribution in [0.3, 0.4) is 0 Å². The van der Waals surface area contributed by atoms with Gasteiger partial charge in [0.2, 0.25) is 5.91 Å². The molecular weight excluding hydrogens is 371 g/mol. The smallest absolute Gasteiger partial charge is 0.262 e. The third-order valence-electron chi connectivity index (χ3n) is 4.92. The van der Waals surface area contributed by atoms with Crippen molar-refractivity contribution in [3.05, 3.63) is 72.1 Å². The van der Waals surface area contributed by atoms with E-state index in [1.165, 1.54) is 28.8 Å². The van der Waals surface area contributed by atoms with Crippen LogP contribution in [0.25, 0.3) is 6.08 Å². The number of piperazine rings is 1. The zero-order valence-electron chi connectivity index (χ0n) is 16.2. The third kappa shape index (κ3) is 6.73. The molecular formula is C22H26FN4O2+. The molecule has 29 heavy (non-hydrogen) atoms. The first-order chi connectivity index (χ1) is 14.1. The molecule has 2 aromatic carbocycles. The molecule has 2 aromatic rings. The Kier molecular flexibility index (Phi) is 7.35. The van der Waals surface area contributed by atoms with Crippen LogP contribution in [-0.4, -0.2) is 44.5 Å². The number of carbonyl (C=O) groups excluding carboxylic acids is 2. The van der Waals surface area contributed by atoms with Crippen LogP contribution >= 0.6 is 0 Å². The lowest BCUT2D eigenvalue weighted by molar-refractivity contribution is -0.900. The van der Waals surface area contributed by atoms with E-state index in [9.17, 15) is 14.0 Å². The van der Waals surface area contributed by atoms with Crippen LogP contribution in [0.4, 0.5) is 10.1 Å². The summed E-state index contributed by atoms with van der Waals surface area (Å²) in [6.07, 6.45) is 3.20. The first kappa shape index (κ1) is 20.5. The van der Waals surface area contributed by atoms with Crippen LogP contribution in [0.2, 0.25) is 0 Å². The van der Waals surface area contributed by atoms with Gasteiger partial charge in [0.1, 0.15) is 5.82 Å². The first-order valence-corrected chi connectivity index (χ1v) is 9.76. The molecule has 0 radical (unpaired) electrons. The van der Waals surface area contributed by atoms with Gasteiger partial charge in [-0.1, -0.05) is 30.3 Å². The van der Waals surface area contributed by atoms with Crippen LogP contribution < -0.4 is 20.7 Å². The lowest BCUT2D eigenvalue weighted by Gasteiger charge is -2.33. The number of carbonyl (C=O) groups is 2. The minimum Gasteiger partial charge on any atom is -0.360 e. The number of nitrogens with zero attached hydrogens (tertiary/aromatic N) is 1. The largest absolute Gasteiger partial charge is 0.360 e. The quantitative estimate of drug-likeness (QED) is 0.499. The van der Waals surface area contributed by atoms with Crippen molar-refractivity contribution in [3.63, 3.8) is 0 Å². The summed E-state index contributed by atoms with van der Waals surface area (Å²) in [5, 5.41) is 0. The van der Waals surface area contributed by atoms with Crippen molar-refractivity contribution in [1.82, 2.24) is 10.9 Å². The van der Waals surface area contributed by atoms with E-state index < -0.39 is 5.91 Å². The zero-order valence-corrected chi connectivity index (χ0v) is 16.2. The molecule has 152 valence electrons. The van der Waals surface area contributed by atoms with Crippen molar-refractivity contribution >= 4 is 23.6 Å². The molecule has 0 atom stereocenters. The van der Waals surface area contributed by atoms with Crippen molar-refractivity contribution in [1.29, 1.82) is 0 Å². The van der Waals surface area contributed by atoms with E-state index in [0.717, 1.165) is 32.7 Å². The number of nitrogens with one attached hydrogen (secondary N) is 3. The molecule has 0 spiro atoms. The second kappa shape index (κ2) is 10.4. The maximum absolute atomic E-state index is 12.8. The van der Waals surface area contributed by atoms with E-state index in [1.54, 1.807) is 18.2 Å². The van der Waals surface area contributed by atoms with Gasteiger partial charge in [-0.05, 0) is 35.9 Å². The monoisotopic (exact) mass is 397 g/mol. The molecule has 3 rings (SSSR count). The number of benzene rings is 2. The number of anilines is 1. The lowest BCUT2D eigenvalue weighted by Crippen LogP contribution is -3.15. The van der Waals surface area contributed by atoms with E-state index in [1.807, 2.05) is 18.2 Å². The molecule has 1 saturated heterocycles. The summed E-state index contributed by atoms with van der Waals surface area (Å²) < 4.78 is 12.8. The number of rotatable bonds is 6. The Labute approximate surface area is 170 Å². The van der Waals surface area contributed by atoms with Crippen LogP contribution in [0.1, 0.15) is 12.0 Å². The van der Waals surface area contributed by atoms with Gasteiger partial charge >= 0.3 is 0 Å². The standard InChI is InChI=1S/C22H25FN4O2/c23-19-9-6-18(7-10-19)8-11-21(28)24-25-22(29)12-13-26-14-16-27(17-15-26)20-4-2-1-3-5-20/h1-11H,12-17H2,(H,24,28)(H,25,29)/p+1/b11-8+. The summed E-state index contributed by atoms with van der Waals surface area (Å²) in [5.74, 6) is -0.986. The Bertz CT molecular complexity index is 832. The van der Waals surface area contributed by atoms with E-state index in [4.69, 9.17) is 0 Å². The molecule has 1 aliphatic heterocycles. The van der Waals surface area contributed by atoms with Gasteiger partial charge in [-0.3, -0.25) is 20.4 Å². The Hall–Kier alpha value is -3.19. The highest BCUT2D eigenvalue weighted by Gasteiger charge is 2.20. The van der Waals surface area contributed by atoms with Crippen LogP contribution in [0, 0.1) is 5.82 Å². The fourth-order valence-electron chi connectivity index (χ4n) is 3.24. The van der Waals surface area contributed by atoms with Crippen LogP contribution in [0.5, 0.6) is 0 Å². The summed E-state index contributed by atoms with van der Waals surface area (Å²) in [4.78, 5) is 27.5. The average Bonchev–Trinajstić information content (AvgIpc) is 2.77. The zero-order chi connectivity index (χ0) is 20.5. The summed E-state index contributed by atoms with van der Waals surface area (Å²) in [6, 6.07) is 16.1. The van der Waals surface area contributed by atoms with E-state index in [0.29, 0.717) is 12.0 Å². The number of amides is 2. The molecule has 2 amide bonds. The number of hydrazine groups is 1. The highest BCUT2D eigenvalue weighted by atomic mass is 19.1. The third-order valence-corrected chi connectivity index (χ3v) is 4.92. The van der Waals surface area contributed by atoms with E-state index in [2.05, 4.69) is 27.9 Å². The highest BCUT2D eigenvalue weighted by Crippen LogP contribution is 2.12. The van der Waals surface area contributed by atoms with Crippen molar-refractivity contribution in [2.24, 2.45) is 0 Å². The highest BCUT2D eigenvalue weighted by molar-refractivity contribution is 5.93. The molecule has 1 heterocycles. The topological polar surface area (TPSA) is 65.9 Å². The predicted molar refractivity (Wildman–Crippen MR) is 111 cm³/mol. The minimum atomic E-state index is -0.438. The molecule has 1 fully saturated rings. The first-order valence-electron chi connectivity index (χ1n) is 9.76. The average molecular weight is 397 g/mol. The molecule has 1 aliphatic rings. The summed E-state index contributed by atoms with van der Waals surface area (Å²) in [5.41, 5.74) is 6.73. The number of halogens is 1. The van der Waals surface area contributed by atoms with Gasteiger partial charge in [0.25, 0.3) is 5.91 Å². The van der Waals surface area contributed by atoms with E-state index in [-0.39, 0.29) is 11.7 Å². The van der Waals surface area contributed by atoms with Gasteiger partial charge in [0.05, 0.1) is 39.1 Å². The summed E-state index contributed by atoms with van der Waals surface area (Å²) >= 11 is 0. The van der Waals surface area contributed by atoms with Gasteiger partial charge < -0.3 is 9.80 Å². The van der Waals surface area contributed by atoms with Crippen molar-refractivity contribution in [3.8, 4) is 0 Å². The maximum Gasteiger partial charge on any atom is 0.262 e. The molecule has 0 bridgehead atoms. The van der Waals surface area contributed by atoms with Gasteiger partial charge in [0, 0.05) is 11.8 Å². The predicted octanol–water partition coefficient (Wildman–Crippen LogP) is 0.782. The second-order valence-electron chi connectivity index (χ2n) is 6.99. The van der Waals surface area contributed by atoms with E-state index >= 15 is 0 Å². The van der Waals surface area contributed by atoms with Crippen LogP contribution in [-0.2, 0) is 9.59 Å². The Morgan fingerprint density at radius 1 is 1.00 bits per heavy atom. The van der Waals surface area contributed by atoms with Gasteiger partial charge in [0.15, 0.2) is 0 Å². The Morgan fingerprint density at radius 2 is 1.69 bits per heavy atom. The number of para-hydroxylation sites is 1. The maximum atomic E-state index is 12.8. The second-order valence-corrected chi connectivity index (χ2v) is 6.99. The number of hydrogen-bond donors (Lipinski definition) is 3. The summed E-state index contributed by atoms with van der Waals surface area (Å²) in [7, 11) is 0. The minimum absolute atomic E-state index is 0.216. The van der Waals surface area contributed by atoms with Crippen molar-refractivity contribution < 1.29 is 18.9 Å².